The molecule has 0 amide bonds. The van der Waals surface area contributed by atoms with Crippen LogP contribution in [0.25, 0.3) is 0 Å². The predicted octanol–water partition coefficient (Wildman–Crippen LogP) is 22.6. The van der Waals surface area contributed by atoms with E-state index in [1.165, 1.54) is 218 Å². The summed E-state index contributed by atoms with van der Waals surface area (Å²) in [5, 5.41) is 0. The first kappa shape index (κ1) is 72.4. The van der Waals surface area contributed by atoms with Gasteiger partial charge in [-0.25, -0.2) is 0 Å². The van der Waals surface area contributed by atoms with Crippen molar-refractivity contribution in [3.63, 3.8) is 0 Å². The molecule has 0 N–H and O–H groups in total. The van der Waals surface area contributed by atoms with Gasteiger partial charge in [-0.1, -0.05) is 326 Å². The van der Waals surface area contributed by atoms with Crippen LogP contribution >= 0.6 is 0 Å². The van der Waals surface area contributed by atoms with Crippen molar-refractivity contribution in [2.24, 2.45) is 0 Å². The molecule has 0 aromatic rings. The summed E-state index contributed by atoms with van der Waals surface area (Å²) >= 11 is 0. The first-order valence-electron chi connectivity index (χ1n) is 33.1. The van der Waals surface area contributed by atoms with Crippen molar-refractivity contribution < 1.29 is 28.6 Å². The Bertz CT molecular complexity index is 1300. The normalized spacial score (nSPS) is 12.3. The summed E-state index contributed by atoms with van der Waals surface area (Å²) in [6.07, 6.45) is 79.8. The van der Waals surface area contributed by atoms with E-state index in [1.54, 1.807) is 0 Å². The number of ether oxygens (including phenoxy) is 3. The van der Waals surface area contributed by atoms with Crippen LogP contribution in [-0.2, 0) is 28.6 Å². The van der Waals surface area contributed by atoms with E-state index in [-0.39, 0.29) is 31.1 Å². The number of rotatable bonds is 61. The Morgan fingerprint density at radius 1 is 0.280 bits per heavy atom. The Morgan fingerprint density at radius 2 is 0.520 bits per heavy atom. The highest BCUT2D eigenvalue weighted by Crippen LogP contribution is 2.18. The van der Waals surface area contributed by atoms with Crippen molar-refractivity contribution in [1.29, 1.82) is 0 Å². The summed E-state index contributed by atoms with van der Waals surface area (Å²) in [6.45, 7) is 6.58. The van der Waals surface area contributed by atoms with Gasteiger partial charge in [-0.05, 0) is 57.8 Å². The van der Waals surface area contributed by atoms with Crippen LogP contribution in [0.1, 0.15) is 355 Å². The van der Waals surface area contributed by atoms with Crippen LogP contribution in [0, 0.1) is 0 Å². The van der Waals surface area contributed by atoms with Gasteiger partial charge in [0.2, 0.25) is 0 Å². The summed E-state index contributed by atoms with van der Waals surface area (Å²) < 4.78 is 17.0. The number of hydrogen-bond donors (Lipinski definition) is 0. The van der Waals surface area contributed by atoms with Gasteiger partial charge in [-0.15, -0.1) is 0 Å². The molecule has 0 aliphatic rings. The number of allylic oxidation sites excluding steroid dienone is 8. The number of hydrogen-bond acceptors (Lipinski definition) is 6. The van der Waals surface area contributed by atoms with Crippen LogP contribution in [-0.4, -0.2) is 37.2 Å². The van der Waals surface area contributed by atoms with Gasteiger partial charge in [0.05, 0.1) is 0 Å². The lowest BCUT2D eigenvalue weighted by Gasteiger charge is -2.18. The maximum Gasteiger partial charge on any atom is 0.306 e. The van der Waals surface area contributed by atoms with Crippen LogP contribution in [0.15, 0.2) is 48.6 Å². The third-order valence-corrected chi connectivity index (χ3v) is 14.8. The van der Waals surface area contributed by atoms with Gasteiger partial charge in [0.15, 0.2) is 6.10 Å². The average molecular weight is 1050 g/mol. The maximum absolute atomic E-state index is 12.9. The molecule has 6 heteroatoms. The van der Waals surface area contributed by atoms with Gasteiger partial charge in [0, 0.05) is 19.3 Å². The zero-order valence-electron chi connectivity index (χ0n) is 50.3. The monoisotopic (exact) mass is 1050 g/mol. The van der Waals surface area contributed by atoms with E-state index in [4.69, 9.17) is 14.2 Å². The predicted molar refractivity (Wildman–Crippen MR) is 325 cm³/mol. The van der Waals surface area contributed by atoms with Crippen molar-refractivity contribution >= 4 is 17.9 Å². The molecule has 0 saturated carbocycles. The first-order chi connectivity index (χ1) is 37.0. The third-order valence-electron chi connectivity index (χ3n) is 14.8. The Morgan fingerprint density at radius 3 is 0.813 bits per heavy atom. The molecule has 1 atom stereocenters. The Hall–Kier alpha value is -2.63. The molecule has 0 radical (unpaired) electrons. The quantitative estimate of drug-likeness (QED) is 0.0261. The van der Waals surface area contributed by atoms with Crippen LogP contribution in [0.2, 0.25) is 0 Å². The van der Waals surface area contributed by atoms with Crippen molar-refractivity contribution in [2.45, 2.75) is 361 Å². The molecular weight excluding hydrogens is 925 g/mol. The standard InChI is InChI=1S/C69H126O6/c1-4-7-10-13-16-19-22-25-28-31-33-34-35-37-38-41-44-47-50-53-56-59-62-68(71)74-65-66(64-73-67(70)61-58-55-52-49-46-43-40-30-27-24-21-18-15-12-9-6-3)75-69(72)63-60-57-54-51-48-45-42-39-36-32-29-26-23-20-17-14-11-8-5-2/h8,11,17,20,26,29,36,39,66H,4-7,9-10,12-16,18-19,21-25,27-28,30-35,37-38,40-65H2,1-3H3/b11-8-,20-17-,29-26-,39-36-. The summed E-state index contributed by atoms with van der Waals surface area (Å²) in [5.41, 5.74) is 0. The fourth-order valence-electron chi connectivity index (χ4n) is 9.91. The average Bonchev–Trinajstić information content (AvgIpc) is 3.41. The van der Waals surface area contributed by atoms with E-state index in [0.717, 1.165) is 96.3 Å². The summed E-state index contributed by atoms with van der Waals surface area (Å²) in [7, 11) is 0. The van der Waals surface area contributed by atoms with Gasteiger partial charge in [0.1, 0.15) is 13.2 Å². The lowest BCUT2D eigenvalue weighted by Crippen LogP contribution is -2.30. The molecule has 0 rings (SSSR count). The molecule has 0 bridgehead atoms. The zero-order valence-corrected chi connectivity index (χ0v) is 50.3. The first-order valence-corrected chi connectivity index (χ1v) is 33.1. The SMILES string of the molecule is CC/C=C\C/C=C\C/C=C\C/C=C\CCCCCCCCC(=O)OC(COC(=O)CCCCCCCCCCCCCCCCCC)COC(=O)CCCCCCCCCCCCCCCCCCCCCCCC. The highest BCUT2D eigenvalue weighted by atomic mass is 16.6. The van der Waals surface area contributed by atoms with Gasteiger partial charge in [-0.3, -0.25) is 14.4 Å². The molecule has 0 heterocycles. The molecule has 0 aromatic carbocycles. The molecule has 438 valence electrons. The minimum atomic E-state index is -0.779. The Labute approximate surface area is 467 Å². The molecule has 0 fully saturated rings. The van der Waals surface area contributed by atoms with Crippen molar-refractivity contribution in [2.75, 3.05) is 13.2 Å². The lowest BCUT2D eigenvalue weighted by molar-refractivity contribution is -0.167. The molecule has 0 aliphatic heterocycles. The van der Waals surface area contributed by atoms with Gasteiger partial charge in [-0.2, -0.15) is 0 Å². The fourth-order valence-corrected chi connectivity index (χ4v) is 9.91. The molecular formula is C69H126O6. The third kappa shape index (κ3) is 62.1. The smallest absolute Gasteiger partial charge is 0.306 e. The van der Waals surface area contributed by atoms with E-state index in [0.29, 0.717) is 19.3 Å². The molecule has 1 unspecified atom stereocenters. The number of carbonyl (C=O) groups excluding carboxylic acids is 3. The second kappa shape index (κ2) is 63.9. The molecule has 0 spiro atoms. The molecule has 0 saturated heterocycles. The van der Waals surface area contributed by atoms with Gasteiger partial charge < -0.3 is 14.2 Å². The largest absolute Gasteiger partial charge is 0.462 e. The summed E-state index contributed by atoms with van der Waals surface area (Å²) in [6, 6.07) is 0. The van der Waals surface area contributed by atoms with E-state index < -0.39 is 6.10 Å². The Balaban J connectivity index is 4.32. The number of carbonyl (C=O) groups is 3. The molecule has 6 nitrogen and oxygen atoms in total. The highest BCUT2D eigenvalue weighted by molar-refractivity contribution is 5.71. The highest BCUT2D eigenvalue weighted by Gasteiger charge is 2.19. The molecule has 75 heavy (non-hydrogen) atoms. The number of esters is 3. The van der Waals surface area contributed by atoms with E-state index in [1.807, 2.05) is 0 Å². The van der Waals surface area contributed by atoms with Crippen molar-refractivity contribution in [1.82, 2.24) is 0 Å². The van der Waals surface area contributed by atoms with Crippen molar-refractivity contribution in [3.8, 4) is 0 Å². The fraction of sp³-hybridized carbons (Fsp3) is 0.841. The van der Waals surface area contributed by atoms with Crippen LogP contribution in [0.4, 0.5) is 0 Å². The van der Waals surface area contributed by atoms with Crippen LogP contribution in [0.3, 0.4) is 0 Å². The van der Waals surface area contributed by atoms with Crippen molar-refractivity contribution in [3.05, 3.63) is 48.6 Å². The summed E-state index contributed by atoms with van der Waals surface area (Å²) in [5.74, 6) is -0.862. The number of unbranched alkanes of at least 4 members (excludes halogenated alkanes) is 42. The Kier molecular flexibility index (Phi) is 61.7. The van der Waals surface area contributed by atoms with E-state index >= 15 is 0 Å². The van der Waals surface area contributed by atoms with E-state index in [9.17, 15) is 14.4 Å². The van der Waals surface area contributed by atoms with Crippen LogP contribution < -0.4 is 0 Å². The van der Waals surface area contributed by atoms with Gasteiger partial charge >= 0.3 is 17.9 Å². The molecule has 0 aliphatic carbocycles. The molecule has 0 aromatic heterocycles. The minimum Gasteiger partial charge on any atom is -0.462 e. The summed E-state index contributed by atoms with van der Waals surface area (Å²) in [4.78, 5) is 38.4. The zero-order chi connectivity index (χ0) is 54.3. The second-order valence-corrected chi connectivity index (χ2v) is 22.4. The second-order valence-electron chi connectivity index (χ2n) is 22.4. The minimum absolute atomic E-state index is 0.0739. The topological polar surface area (TPSA) is 78.9 Å². The van der Waals surface area contributed by atoms with Crippen LogP contribution in [0.5, 0.6) is 0 Å². The van der Waals surface area contributed by atoms with E-state index in [2.05, 4.69) is 69.4 Å². The lowest BCUT2D eigenvalue weighted by atomic mass is 10.0. The van der Waals surface area contributed by atoms with Gasteiger partial charge in [0.25, 0.3) is 0 Å². The maximum atomic E-state index is 12.9.